The lowest BCUT2D eigenvalue weighted by Crippen LogP contribution is -2.43. The molecule has 0 aliphatic rings. The molecule has 140 valence electrons. The first-order valence-corrected chi connectivity index (χ1v) is 7.75. The van der Waals surface area contributed by atoms with Crippen LogP contribution in [-0.2, 0) is 11.3 Å². The molecule has 1 aromatic heterocycles. The molecule has 2 aromatic rings. The van der Waals surface area contributed by atoms with E-state index < -0.39 is 30.5 Å². The normalized spacial score (nSPS) is 12.7. The van der Waals surface area contributed by atoms with E-state index >= 15 is 0 Å². The first kappa shape index (κ1) is 19.5. The average Bonchev–Trinajstić information content (AvgIpc) is 2.83. The van der Waals surface area contributed by atoms with Crippen molar-refractivity contribution in [2.45, 2.75) is 39.0 Å². The summed E-state index contributed by atoms with van der Waals surface area (Å²) in [5.41, 5.74) is 2.78. The second kappa shape index (κ2) is 7.59. The van der Waals surface area contributed by atoms with E-state index in [0.29, 0.717) is 6.54 Å². The van der Waals surface area contributed by atoms with E-state index in [1.165, 1.54) is 12.1 Å². The molecule has 9 heteroatoms. The highest BCUT2D eigenvalue weighted by Gasteiger charge is 2.36. The quantitative estimate of drug-likeness (QED) is 0.820. The van der Waals surface area contributed by atoms with Gasteiger partial charge < -0.3 is 10.4 Å². The number of carboxylic acid groups (broad SMARTS) is 1. The van der Waals surface area contributed by atoms with Crippen molar-refractivity contribution in [3.63, 3.8) is 0 Å². The second-order valence-electron chi connectivity index (χ2n) is 5.97. The number of rotatable bonds is 6. The molecule has 2 N–H and O–H groups in total. The van der Waals surface area contributed by atoms with E-state index in [0.717, 1.165) is 17.0 Å². The maximum absolute atomic E-state index is 12.4. The van der Waals surface area contributed by atoms with Gasteiger partial charge in [-0.05, 0) is 37.6 Å². The average molecular weight is 369 g/mol. The van der Waals surface area contributed by atoms with E-state index in [-0.39, 0.29) is 5.56 Å². The summed E-state index contributed by atoms with van der Waals surface area (Å²) < 4.78 is 39.0. The van der Waals surface area contributed by atoms with Gasteiger partial charge in [0.1, 0.15) is 6.04 Å². The van der Waals surface area contributed by atoms with Gasteiger partial charge in [-0.3, -0.25) is 9.48 Å². The van der Waals surface area contributed by atoms with Crippen molar-refractivity contribution in [1.82, 2.24) is 15.1 Å². The summed E-state index contributed by atoms with van der Waals surface area (Å²) in [5, 5.41) is 15.1. The highest BCUT2D eigenvalue weighted by molar-refractivity contribution is 5.96. The zero-order valence-electron chi connectivity index (χ0n) is 14.2. The lowest BCUT2D eigenvalue weighted by molar-refractivity contribution is -0.157. The third kappa shape index (κ3) is 5.33. The van der Waals surface area contributed by atoms with Gasteiger partial charge in [0.05, 0.1) is 18.7 Å². The number of nitrogens with one attached hydrogen (secondary N) is 1. The molecule has 1 aromatic carbocycles. The van der Waals surface area contributed by atoms with E-state index in [1.54, 1.807) is 16.8 Å². The summed E-state index contributed by atoms with van der Waals surface area (Å²) in [6, 6.07) is 6.05. The molecular formula is C17H18F3N3O3. The van der Waals surface area contributed by atoms with Crippen molar-refractivity contribution in [3.8, 4) is 0 Å². The molecule has 0 spiro atoms. The number of hydrogen-bond acceptors (Lipinski definition) is 3. The predicted octanol–water partition coefficient (Wildman–Crippen LogP) is 2.68. The standard InChI is InChI=1S/C17H18F3N3O3/c1-10-7-11(2)23(22-10)9-12-3-5-13(6-4-12)15(24)21-14(16(25)26)8-17(18,19)20/h3-7,14H,8-9H2,1-2H3,(H,21,24)(H,25,26). The maximum Gasteiger partial charge on any atom is 0.391 e. The third-order valence-electron chi connectivity index (χ3n) is 3.69. The first-order chi connectivity index (χ1) is 12.0. The van der Waals surface area contributed by atoms with Gasteiger partial charge in [-0.1, -0.05) is 12.1 Å². The molecule has 0 saturated heterocycles. The zero-order valence-corrected chi connectivity index (χ0v) is 14.2. The number of nitrogens with zero attached hydrogens (tertiary/aromatic N) is 2. The van der Waals surface area contributed by atoms with E-state index in [1.807, 2.05) is 25.2 Å². The van der Waals surface area contributed by atoms with Gasteiger partial charge in [-0.2, -0.15) is 18.3 Å². The monoisotopic (exact) mass is 369 g/mol. The number of hydrogen-bond donors (Lipinski definition) is 2. The number of aliphatic carboxylic acids is 1. The number of amides is 1. The van der Waals surface area contributed by atoms with Crippen LogP contribution < -0.4 is 5.32 Å². The van der Waals surface area contributed by atoms with Gasteiger partial charge in [0.15, 0.2) is 0 Å². The van der Waals surface area contributed by atoms with Crippen molar-refractivity contribution < 1.29 is 27.9 Å². The minimum atomic E-state index is -4.69. The Hall–Kier alpha value is -2.84. The topological polar surface area (TPSA) is 84.2 Å². The fourth-order valence-electron chi connectivity index (χ4n) is 2.44. The van der Waals surface area contributed by atoms with E-state index in [4.69, 9.17) is 5.11 Å². The second-order valence-corrected chi connectivity index (χ2v) is 5.97. The number of alkyl halides is 3. The summed E-state index contributed by atoms with van der Waals surface area (Å²) >= 11 is 0. The SMILES string of the molecule is Cc1cc(C)n(Cc2ccc(C(=O)NC(CC(F)(F)F)C(=O)O)cc2)n1. The number of carbonyl (C=O) groups excluding carboxylic acids is 1. The van der Waals surface area contributed by atoms with Gasteiger partial charge >= 0.3 is 12.1 Å². The lowest BCUT2D eigenvalue weighted by Gasteiger charge is -2.16. The Bertz CT molecular complexity index is 798. The van der Waals surface area contributed by atoms with Crippen LogP contribution in [0.1, 0.15) is 33.7 Å². The van der Waals surface area contributed by atoms with Crippen LogP contribution in [0.2, 0.25) is 0 Å². The molecule has 1 amide bonds. The Morgan fingerprint density at radius 3 is 2.31 bits per heavy atom. The van der Waals surface area contributed by atoms with Crippen LogP contribution in [0.3, 0.4) is 0 Å². The van der Waals surface area contributed by atoms with Crippen molar-refractivity contribution in [2.24, 2.45) is 0 Å². The Balaban J connectivity index is 2.05. The summed E-state index contributed by atoms with van der Waals surface area (Å²) in [5.74, 6) is -2.61. The van der Waals surface area contributed by atoms with Gasteiger partial charge in [0.2, 0.25) is 0 Å². The third-order valence-corrected chi connectivity index (χ3v) is 3.69. The predicted molar refractivity (Wildman–Crippen MR) is 86.8 cm³/mol. The van der Waals surface area contributed by atoms with Crippen LogP contribution in [0.5, 0.6) is 0 Å². The van der Waals surface area contributed by atoms with Gasteiger partial charge in [-0.15, -0.1) is 0 Å². The molecular weight excluding hydrogens is 351 g/mol. The summed E-state index contributed by atoms with van der Waals surface area (Å²) in [6.45, 7) is 4.26. The molecule has 26 heavy (non-hydrogen) atoms. The first-order valence-electron chi connectivity index (χ1n) is 7.75. The Morgan fingerprint density at radius 1 is 1.23 bits per heavy atom. The van der Waals surface area contributed by atoms with Crippen LogP contribution in [0.25, 0.3) is 0 Å². The Morgan fingerprint density at radius 2 is 1.85 bits per heavy atom. The zero-order chi connectivity index (χ0) is 19.5. The molecule has 0 radical (unpaired) electrons. The molecule has 0 aliphatic heterocycles. The summed E-state index contributed by atoms with van der Waals surface area (Å²) in [7, 11) is 0. The van der Waals surface area contributed by atoms with Gasteiger partial charge in [-0.25, -0.2) is 4.79 Å². The fourth-order valence-corrected chi connectivity index (χ4v) is 2.44. The van der Waals surface area contributed by atoms with Crippen LogP contribution >= 0.6 is 0 Å². The van der Waals surface area contributed by atoms with E-state index in [9.17, 15) is 22.8 Å². The molecule has 0 saturated carbocycles. The van der Waals surface area contributed by atoms with Crippen molar-refractivity contribution in [1.29, 1.82) is 0 Å². The molecule has 1 unspecified atom stereocenters. The molecule has 0 bridgehead atoms. The van der Waals surface area contributed by atoms with Crippen LogP contribution in [0.15, 0.2) is 30.3 Å². The van der Waals surface area contributed by atoms with Crippen molar-refractivity contribution >= 4 is 11.9 Å². The van der Waals surface area contributed by atoms with Crippen LogP contribution in [-0.4, -0.2) is 39.0 Å². The number of carboxylic acids is 1. The maximum atomic E-state index is 12.4. The number of aryl methyl sites for hydroxylation is 2. The molecule has 0 fully saturated rings. The molecule has 0 aliphatic carbocycles. The Kier molecular flexibility index (Phi) is 5.69. The largest absolute Gasteiger partial charge is 0.480 e. The van der Waals surface area contributed by atoms with E-state index in [2.05, 4.69) is 5.10 Å². The number of aromatic nitrogens is 2. The summed E-state index contributed by atoms with van der Waals surface area (Å²) in [4.78, 5) is 22.9. The lowest BCUT2D eigenvalue weighted by atomic mass is 10.1. The molecule has 6 nitrogen and oxygen atoms in total. The highest BCUT2D eigenvalue weighted by Crippen LogP contribution is 2.22. The van der Waals surface area contributed by atoms with Crippen molar-refractivity contribution in [3.05, 3.63) is 52.8 Å². The number of benzene rings is 1. The van der Waals surface area contributed by atoms with Gasteiger partial charge in [0.25, 0.3) is 5.91 Å². The summed E-state index contributed by atoms with van der Waals surface area (Å²) in [6.07, 6.45) is -6.33. The molecule has 1 atom stereocenters. The minimum absolute atomic E-state index is 0.0792. The molecule has 1 heterocycles. The Labute approximate surface area is 147 Å². The van der Waals surface area contributed by atoms with Crippen LogP contribution in [0.4, 0.5) is 13.2 Å². The van der Waals surface area contributed by atoms with Crippen molar-refractivity contribution in [2.75, 3.05) is 0 Å². The van der Waals surface area contributed by atoms with Crippen LogP contribution in [0, 0.1) is 13.8 Å². The molecule has 2 rings (SSSR count). The fraction of sp³-hybridized carbons (Fsp3) is 0.353. The highest BCUT2D eigenvalue weighted by atomic mass is 19.4. The van der Waals surface area contributed by atoms with Gasteiger partial charge in [0, 0.05) is 11.3 Å². The number of carbonyl (C=O) groups is 2. The number of halogens is 3. The smallest absolute Gasteiger partial charge is 0.391 e. The minimum Gasteiger partial charge on any atom is -0.480 e.